The molecule has 0 saturated carbocycles. The molecule has 0 heterocycles. The maximum atomic E-state index is 2.35. The Morgan fingerprint density at radius 3 is 2.06 bits per heavy atom. The van der Waals surface area contributed by atoms with Gasteiger partial charge in [0.25, 0.3) is 0 Å². The van der Waals surface area contributed by atoms with Gasteiger partial charge >= 0.3 is 0 Å². The summed E-state index contributed by atoms with van der Waals surface area (Å²) >= 11 is 0. The quantitative estimate of drug-likeness (QED) is 0.687. The summed E-state index contributed by atoms with van der Waals surface area (Å²) in [7, 11) is 4.27. The molecule has 0 aliphatic heterocycles. The van der Waals surface area contributed by atoms with Gasteiger partial charge < -0.3 is 0 Å². The van der Waals surface area contributed by atoms with Crippen LogP contribution >= 0.6 is 0 Å². The van der Waals surface area contributed by atoms with Crippen LogP contribution in [-0.2, 0) is 0 Å². The zero-order valence-corrected chi connectivity index (χ0v) is 11.9. The molecule has 1 nitrogen and oxygen atoms in total. The van der Waals surface area contributed by atoms with E-state index in [9.17, 15) is 0 Å². The normalized spacial score (nSPS) is 21.9. The minimum atomic E-state index is 0.613. The van der Waals surface area contributed by atoms with E-state index in [1.165, 1.54) is 24.5 Å². The lowest BCUT2D eigenvalue weighted by Gasteiger charge is -2.25. The van der Waals surface area contributed by atoms with E-state index in [4.69, 9.17) is 0 Å². The molecule has 0 amide bonds. The Morgan fingerprint density at radius 2 is 1.75 bits per heavy atom. The molecule has 0 aromatic carbocycles. The average molecular weight is 220 g/mol. The smallest absolute Gasteiger partial charge is 0.0620 e. The Kier molecular flexibility index (Phi) is 4.37. The minimum Gasteiger partial charge on any atom is -0.298 e. The van der Waals surface area contributed by atoms with Gasteiger partial charge in [-0.25, -0.2) is 0 Å². The SMILES string of the molecule is CCC1=C(CC)C(C)C([C](C)N(C)C)=C1C. The van der Waals surface area contributed by atoms with E-state index in [-0.39, 0.29) is 0 Å². The van der Waals surface area contributed by atoms with Crippen LogP contribution in [0.2, 0.25) is 0 Å². The number of rotatable bonds is 4. The summed E-state index contributed by atoms with van der Waals surface area (Å²) in [5.41, 5.74) is 6.33. The molecule has 0 saturated heterocycles. The number of hydrogen-bond donors (Lipinski definition) is 0. The van der Waals surface area contributed by atoms with Crippen LogP contribution in [0.4, 0.5) is 0 Å². The molecule has 1 unspecified atom stereocenters. The van der Waals surface area contributed by atoms with E-state index in [0.29, 0.717) is 5.92 Å². The predicted molar refractivity (Wildman–Crippen MR) is 72.1 cm³/mol. The molecular weight excluding hydrogens is 194 g/mol. The predicted octanol–water partition coefficient (Wildman–Crippen LogP) is 4.18. The van der Waals surface area contributed by atoms with Gasteiger partial charge in [-0.05, 0) is 57.5 Å². The molecule has 1 atom stereocenters. The van der Waals surface area contributed by atoms with E-state index in [0.717, 1.165) is 0 Å². The van der Waals surface area contributed by atoms with Gasteiger partial charge in [0, 0.05) is 5.92 Å². The van der Waals surface area contributed by atoms with Crippen molar-refractivity contribution in [3.05, 3.63) is 28.3 Å². The topological polar surface area (TPSA) is 3.24 Å². The molecule has 0 N–H and O–H groups in total. The molecule has 1 rings (SSSR count). The molecule has 1 aliphatic carbocycles. The Morgan fingerprint density at radius 1 is 1.19 bits per heavy atom. The molecule has 0 spiro atoms. The van der Waals surface area contributed by atoms with Crippen molar-refractivity contribution in [2.45, 2.75) is 47.5 Å². The number of nitrogens with zero attached hydrogens (tertiary/aromatic N) is 1. The summed E-state index contributed by atoms with van der Waals surface area (Å²) in [5.74, 6) is 0.613. The third-order valence-electron chi connectivity index (χ3n) is 4.00. The van der Waals surface area contributed by atoms with Crippen molar-refractivity contribution in [1.82, 2.24) is 4.90 Å². The number of likely N-dealkylation sites (N-methyl/N-ethyl adjacent to an activating group) is 1. The van der Waals surface area contributed by atoms with Crippen LogP contribution in [0.5, 0.6) is 0 Å². The van der Waals surface area contributed by atoms with Crippen molar-refractivity contribution in [2.24, 2.45) is 5.92 Å². The highest BCUT2D eigenvalue weighted by Gasteiger charge is 2.30. The third kappa shape index (κ3) is 2.10. The summed E-state index contributed by atoms with van der Waals surface area (Å²) in [6.45, 7) is 11.4. The lowest BCUT2D eigenvalue weighted by molar-refractivity contribution is 0.432. The van der Waals surface area contributed by atoms with Crippen LogP contribution in [-0.4, -0.2) is 19.0 Å². The largest absolute Gasteiger partial charge is 0.298 e. The van der Waals surface area contributed by atoms with Crippen LogP contribution < -0.4 is 0 Å². The number of hydrogen-bond acceptors (Lipinski definition) is 1. The Hall–Kier alpha value is -0.560. The number of allylic oxidation sites excluding steroid dienone is 3. The Labute approximate surface area is 101 Å². The van der Waals surface area contributed by atoms with Crippen LogP contribution in [0.1, 0.15) is 47.5 Å². The molecule has 1 aliphatic rings. The fourth-order valence-corrected chi connectivity index (χ4v) is 3.00. The van der Waals surface area contributed by atoms with Crippen LogP contribution in [0.25, 0.3) is 0 Å². The van der Waals surface area contributed by atoms with Crippen LogP contribution in [0, 0.1) is 12.0 Å². The van der Waals surface area contributed by atoms with Crippen LogP contribution in [0.15, 0.2) is 22.3 Å². The second-order valence-corrected chi connectivity index (χ2v) is 4.95. The van der Waals surface area contributed by atoms with Gasteiger partial charge in [-0.15, -0.1) is 0 Å². The summed E-state index contributed by atoms with van der Waals surface area (Å²) in [6.07, 6.45) is 2.36. The van der Waals surface area contributed by atoms with Gasteiger partial charge in [0.05, 0.1) is 6.04 Å². The molecular formula is C15H26N. The highest BCUT2D eigenvalue weighted by molar-refractivity contribution is 5.52. The summed E-state index contributed by atoms with van der Waals surface area (Å²) < 4.78 is 0. The Bertz CT molecular complexity index is 320. The van der Waals surface area contributed by atoms with E-state index in [1.807, 2.05) is 0 Å². The van der Waals surface area contributed by atoms with Gasteiger partial charge in [0.1, 0.15) is 0 Å². The maximum absolute atomic E-state index is 2.35. The van der Waals surface area contributed by atoms with Crippen molar-refractivity contribution in [3.8, 4) is 0 Å². The van der Waals surface area contributed by atoms with Crippen molar-refractivity contribution in [3.63, 3.8) is 0 Å². The van der Waals surface area contributed by atoms with Gasteiger partial charge in [-0.3, -0.25) is 4.90 Å². The first-order valence-electron chi connectivity index (χ1n) is 6.39. The molecule has 0 aromatic heterocycles. The molecule has 0 fully saturated rings. The van der Waals surface area contributed by atoms with E-state index in [1.54, 1.807) is 16.7 Å². The second kappa shape index (κ2) is 5.18. The van der Waals surface area contributed by atoms with Gasteiger partial charge in [-0.2, -0.15) is 0 Å². The molecule has 0 bridgehead atoms. The summed E-state index contributed by atoms with van der Waals surface area (Å²) in [5, 5.41) is 0. The lowest BCUT2D eigenvalue weighted by atomic mass is 9.90. The van der Waals surface area contributed by atoms with Gasteiger partial charge in [-0.1, -0.05) is 26.3 Å². The molecule has 16 heavy (non-hydrogen) atoms. The van der Waals surface area contributed by atoms with E-state index < -0.39 is 0 Å². The fraction of sp³-hybridized carbons (Fsp3) is 0.667. The maximum Gasteiger partial charge on any atom is 0.0620 e. The zero-order chi connectivity index (χ0) is 12.5. The van der Waals surface area contributed by atoms with Crippen molar-refractivity contribution < 1.29 is 0 Å². The standard InChI is InChI=1S/C15H26N/c1-8-13-10(3)15(12(5)16(6)7)11(4)14(13)9-2/h10H,8-9H2,1-7H3. The first-order chi connectivity index (χ1) is 7.45. The van der Waals surface area contributed by atoms with Gasteiger partial charge in [0.2, 0.25) is 0 Å². The van der Waals surface area contributed by atoms with E-state index >= 15 is 0 Å². The Balaban J connectivity index is 3.12. The highest BCUT2D eigenvalue weighted by atomic mass is 15.1. The van der Waals surface area contributed by atoms with Crippen LogP contribution in [0.3, 0.4) is 0 Å². The van der Waals surface area contributed by atoms with Gasteiger partial charge in [0.15, 0.2) is 0 Å². The molecule has 91 valence electrons. The van der Waals surface area contributed by atoms with Crippen molar-refractivity contribution in [1.29, 1.82) is 0 Å². The minimum absolute atomic E-state index is 0.613. The van der Waals surface area contributed by atoms with Crippen molar-refractivity contribution >= 4 is 0 Å². The van der Waals surface area contributed by atoms with Crippen molar-refractivity contribution in [2.75, 3.05) is 14.1 Å². The first kappa shape index (κ1) is 13.5. The van der Waals surface area contributed by atoms with E-state index in [2.05, 4.69) is 53.6 Å². The summed E-state index contributed by atoms with van der Waals surface area (Å²) in [6, 6.07) is 1.42. The lowest BCUT2D eigenvalue weighted by Crippen LogP contribution is -2.21. The fourth-order valence-electron chi connectivity index (χ4n) is 3.00. The summed E-state index contributed by atoms with van der Waals surface area (Å²) in [4.78, 5) is 2.24. The second-order valence-electron chi connectivity index (χ2n) is 4.95. The highest BCUT2D eigenvalue weighted by Crippen LogP contribution is 2.44. The average Bonchev–Trinajstić information content (AvgIpc) is 2.48. The molecule has 1 heteroatoms. The third-order valence-corrected chi connectivity index (χ3v) is 4.00. The molecule has 0 aromatic rings. The zero-order valence-electron chi connectivity index (χ0n) is 11.9. The molecule has 1 radical (unpaired) electrons. The monoisotopic (exact) mass is 220 g/mol. The first-order valence-corrected chi connectivity index (χ1v) is 6.39.